The smallest absolute Gasteiger partial charge is 0.193 e. The van der Waals surface area contributed by atoms with Crippen LogP contribution in [-0.4, -0.2) is 51.8 Å². The molecule has 0 amide bonds. The summed E-state index contributed by atoms with van der Waals surface area (Å²) in [4.78, 5) is 6.50. The number of hydrogen-bond acceptors (Lipinski definition) is 3. The fourth-order valence-electron chi connectivity index (χ4n) is 2.93. The molecule has 5 nitrogen and oxygen atoms in total. The molecule has 0 radical (unpaired) electrons. The molecule has 152 valence electrons. The first kappa shape index (κ1) is 21.8. The van der Waals surface area contributed by atoms with Crippen molar-refractivity contribution in [1.29, 1.82) is 0 Å². The van der Waals surface area contributed by atoms with E-state index in [1.807, 2.05) is 32.3 Å². The van der Waals surface area contributed by atoms with Crippen LogP contribution < -0.4 is 10.1 Å². The molecule has 0 aliphatic carbocycles. The summed E-state index contributed by atoms with van der Waals surface area (Å²) in [5, 5.41) is 3.42. The van der Waals surface area contributed by atoms with E-state index >= 15 is 0 Å². The molecular formula is C23H33N3O2. The van der Waals surface area contributed by atoms with Gasteiger partial charge >= 0.3 is 0 Å². The average Bonchev–Trinajstić information content (AvgIpc) is 2.74. The summed E-state index contributed by atoms with van der Waals surface area (Å²) in [6, 6.07) is 18.6. The molecule has 0 heterocycles. The Balaban J connectivity index is 1.57. The van der Waals surface area contributed by atoms with Gasteiger partial charge in [-0.05, 0) is 42.5 Å². The first-order valence-electron chi connectivity index (χ1n) is 9.89. The number of guanidine groups is 1. The molecular weight excluding hydrogens is 350 g/mol. The van der Waals surface area contributed by atoms with Crippen molar-refractivity contribution in [1.82, 2.24) is 10.2 Å². The molecule has 0 unspecified atom stereocenters. The van der Waals surface area contributed by atoms with Gasteiger partial charge in [-0.2, -0.15) is 0 Å². The summed E-state index contributed by atoms with van der Waals surface area (Å²) in [5.41, 5.74) is 2.55. The number of ether oxygens (including phenoxy) is 2. The zero-order chi connectivity index (χ0) is 20.0. The van der Waals surface area contributed by atoms with E-state index in [2.05, 4.69) is 51.6 Å². The highest BCUT2D eigenvalue weighted by atomic mass is 16.5. The summed E-state index contributed by atoms with van der Waals surface area (Å²) in [7, 11) is 5.55. The fourth-order valence-corrected chi connectivity index (χ4v) is 2.93. The molecule has 2 rings (SSSR count). The summed E-state index contributed by atoms with van der Waals surface area (Å²) in [5.74, 6) is 1.78. The van der Waals surface area contributed by atoms with Gasteiger partial charge in [0, 0.05) is 33.8 Å². The van der Waals surface area contributed by atoms with Gasteiger partial charge in [-0.3, -0.25) is 4.99 Å². The van der Waals surface area contributed by atoms with Crippen molar-refractivity contribution in [2.75, 3.05) is 41.0 Å². The minimum absolute atomic E-state index is 0.781. The van der Waals surface area contributed by atoms with E-state index in [0.717, 1.165) is 57.3 Å². The Kier molecular flexibility index (Phi) is 9.94. The molecule has 0 aromatic heterocycles. The van der Waals surface area contributed by atoms with Gasteiger partial charge < -0.3 is 19.7 Å². The Bertz CT molecular complexity index is 687. The lowest BCUT2D eigenvalue weighted by atomic mass is 10.2. The second-order valence-electron chi connectivity index (χ2n) is 6.73. The largest absolute Gasteiger partial charge is 0.497 e. The lowest BCUT2D eigenvalue weighted by molar-refractivity contribution is 0.133. The number of nitrogens with zero attached hydrogens (tertiary/aromatic N) is 2. The molecule has 2 aromatic rings. The number of benzene rings is 2. The first-order valence-corrected chi connectivity index (χ1v) is 9.89. The topological polar surface area (TPSA) is 46.1 Å². The van der Waals surface area contributed by atoms with Crippen molar-refractivity contribution in [3.8, 4) is 5.75 Å². The van der Waals surface area contributed by atoms with E-state index in [1.165, 1.54) is 11.1 Å². The van der Waals surface area contributed by atoms with Gasteiger partial charge in [0.25, 0.3) is 0 Å². The lowest BCUT2D eigenvalue weighted by Gasteiger charge is -2.22. The summed E-state index contributed by atoms with van der Waals surface area (Å²) in [6.07, 6.45) is 3.07. The van der Waals surface area contributed by atoms with Gasteiger partial charge in [0.15, 0.2) is 5.96 Å². The van der Waals surface area contributed by atoms with Crippen LogP contribution in [0.2, 0.25) is 0 Å². The van der Waals surface area contributed by atoms with Gasteiger partial charge in [-0.15, -0.1) is 0 Å². The second kappa shape index (κ2) is 12.8. The highest BCUT2D eigenvalue weighted by molar-refractivity contribution is 5.79. The second-order valence-corrected chi connectivity index (χ2v) is 6.73. The van der Waals surface area contributed by atoms with E-state index in [1.54, 1.807) is 7.11 Å². The van der Waals surface area contributed by atoms with Crippen LogP contribution in [0.5, 0.6) is 5.75 Å². The van der Waals surface area contributed by atoms with Crippen LogP contribution in [0.3, 0.4) is 0 Å². The molecule has 0 aliphatic rings. The van der Waals surface area contributed by atoms with Crippen molar-refractivity contribution in [3.05, 3.63) is 65.7 Å². The van der Waals surface area contributed by atoms with E-state index in [0.29, 0.717) is 0 Å². The summed E-state index contributed by atoms with van der Waals surface area (Å²) >= 11 is 0. The van der Waals surface area contributed by atoms with E-state index < -0.39 is 0 Å². The van der Waals surface area contributed by atoms with Crippen molar-refractivity contribution in [3.63, 3.8) is 0 Å². The Morgan fingerprint density at radius 3 is 2.39 bits per heavy atom. The molecule has 0 atom stereocenters. The maximum absolute atomic E-state index is 5.74. The standard InChI is InChI=1S/C23H33N3O2/c1-24-23(26(2)19-21-11-13-22(27-3)14-12-21)25-16-7-8-17-28-18-15-20-9-5-4-6-10-20/h4-6,9-14H,7-8,15-19H2,1-3H3,(H,24,25). The normalized spacial score (nSPS) is 11.3. The monoisotopic (exact) mass is 383 g/mol. The Labute approximate surface area is 169 Å². The van der Waals surface area contributed by atoms with Crippen molar-refractivity contribution in [2.45, 2.75) is 25.8 Å². The van der Waals surface area contributed by atoms with Crippen LogP contribution >= 0.6 is 0 Å². The molecule has 0 spiro atoms. The third-order valence-corrected chi connectivity index (χ3v) is 4.53. The molecule has 28 heavy (non-hydrogen) atoms. The Morgan fingerprint density at radius 1 is 0.964 bits per heavy atom. The van der Waals surface area contributed by atoms with Crippen LogP contribution in [0.25, 0.3) is 0 Å². The maximum Gasteiger partial charge on any atom is 0.193 e. The predicted octanol–water partition coefficient (Wildman–Crippen LogP) is 3.74. The van der Waals surface area contributed by atoms with Crippen LogP contribution in [0.4, 0.5) is 0 Å². The third-order valence-electron chi connectivity index (χ3n) is 4.53. The highest BCUT2D eigenvalue weighted by Crippen LogP contribution is 2.12. The summed E-state index contributed by atoms with van der Waals surface area (Å²) in [6.45, 7) is 3.27. The molecule has 1 N–H and O–H groups in total. The minimum Gasteiger partial charge on any atom is -0.497 e. The molecule has 0 saturated heterocycles. The van der Waals surface area contributed by atoms with Crippen LogP contribution in [-0.2, 0) is 17.7 Å². The highest BCUT2D eigenvalue weighted by Gasteiger charge is 2.06. The van der Waals surface area contributed by atoms with Gasteiger partial charge in [0.1, 0.15) is 5.75 Å². The summed E-state index contributed by atoms with van der Waals surface area (Å²) < 4.78 is 10.9. The van der Waals surface area contributed by atoms with Crippen molar-refractivity contribution >= 4 is 5.96 Å². The van der Waals surface area contributed by atoms with Crippen LogP contribution in [0.15, 0.2) is 59.6 Å². The van der Waals surface area contributed by atoms with Gasteiger partial charge in [-0.1, -0.05) is 42.5 Å². The van der Waals surface area contributed by atoms with E-state index in [4.69, 9.17) is 9.47 Å². The number of unbranched alkanes of at least 4 members (excludes halogenated alkanes) is 1. The number of methoxy groups -OCH3 is 1. The zero-order valence-electron chi connectivity index (χ0n) is 17.4. The van der Waals surface area contributed by atoms with E-state index in [-0.39, 0.29) is 0 Å². The average molecular weight is 384 g/mol. The van der Waals surface area contributed by atoms with E-state index in [9.17, 15) is 0 Å². The quantitative estimate of drug-likeness (QED) is 0.365. The Morgan fingerprint density at radius 2 is 1.71 bits per heavy atom. The van der Waals surface area contributed by atoms with Crippen molar-refractivity contribution in [2.24, 2.45) is 4.99 Å². The number of hydrogen-bond donors (Lipinski definition) is 1. The minimum atomic E-state index is 0.781. The predicted molar refractivity (Wildman–Crippen MR) is 116 cm³/mol. The van der Waals surface area contributed by atoms with Crippen LogP contribution in [0, 0.1) is 0 Å². The number of nitrogens with one attached hydrogen (secondary N) is 1. The molecule has 2 aromatic carbocycles. The third kappa shape index (κ3) is 8.01. The molecule has 5 heteroatoms. The van der Waals surface area contributed by atoms with Gasteiger partial charge in [0.05, 0.1) is 13.7 Å². The van der Waals surface area contributed by atoms with Gasteiger partial charge in [0.2, 0.25) is 0 Å². The number of aliphatic imine (C=N–C) groups is 1. The van der Waals surface area contributed by atoms with Crippen molar-refractivity contribution < 1.29 is 9.47 Å². The lowest BCUT2D eigenvalue weighted by Crippen LogP contribution is -2.38. The maximum atomic E-state index is 5.74. The molecule has 0 bridgehead atoms. The number of rotatable bonds is 11. The SMILES string of the molecule is CN=C(NCCCCOCCc1ccccc1)N(C)Cc1ccc(OC)cc1. The Hall–Kier alpha value is -2.53. The molecule has 0 aliphatic heterocycles. The fraction of sp³-hybridized carbons (Fsp3) is 0.435. The first-order chi connectivity index (χ1) is 13.7. The van der Waals surface area contributed by atoms with Crippen LogP contribution in [0.1, 0.15) is 24.0 Å². The molecule has 0 saturated carbocycles. The zero-order valence-corrected chi connectivity index (χ0v) is 17.4. The van der Waals surface area contributed by atoms with Gasteiger partial charge in [-0.25, -0.2) is 0 Å². The molecule has 0 fully saturated rings.